The molecular formula is C13H16N2O. The number of rotatable bonds is 0. The maximum absolute atomic E-state index is 12.2. The standard InChI is InChI=1S/C13H16N2O/c1-14-7-11-9-5-3-4-6-10(9)13(16)15(2)12(11)8-14/h3-6,11-12H,7-8H2,1-2H3. The highest BCUT2D eigenvalue weighted by Gasteiger charge is 2.42. The second kappa shape index (κ2) is 3.32. The van der Waals surface area contributed by atoms with Crippen molar-refractivity contribution in [1.82, 2.24) is 9.80 Å². The average molecular weight is 216 g/mol. The van der Waals surface area contributed by atoms with Crippen LogP contribution in [0.15, 0.2) is 24.3 Å². The van der Waals surface area contributed by atoms with Gasteiger partial charge in [0.25, 0.3) is 5.91 Å². The lowest BCUT2D eigenvalue weighted by molar-refractivity contribution is 0.0701. The number of carbonyl (C=O) groups is 1. The predicted octanol–water partition coefficient (Wildman–Crippen LogP) is 1.17. The van der Waals surface area contributed by atoms with Crippen molar-refractivity contribution in [1.29, 1.82) is 0 Å². The van der Waals surface area contributed by atoms with Crippen molar-refractivity contribution in [3.63, 3.8) is 0 Å². The van der Waals surface area contributed by atoms with Gasteiger partial charge in [-0.05, 0) is 18.7 Å². The first-order valence-electron chi connectivity index (χ1n) is 5.73. The van der Waals surface area contributed by atoms with Gasteiger partial charge >= 0.3 is 0 Å². The molecule has 0 aliphatic carbocycles. The van der Waals surface area contributed by atoms with Gasteiger partial charge in [0.15, 0.2) is 0 Å². The fourth-order valence-electron chi connectivity index (χ4n) is 3.03. The Hall–Kier alpha value is -1.35. The molecule has 1 saturated heterocycles. The molecule has 2 aliphatic heterocycles. The van der Waals surface area contributed by atoms with Crippen molar-refractivity contribution in [3.05, 3.63) is 35.4 Å². The molecule has 0 N–H and O–H groups in total. The minimum atomic E-state index is 0.173. The van der Waals surface area contributed by atoms with E-state index in [0.29, 0.717) is 12.0 Å². The number of likely N-dealkylation sites (tertiary alicyclic amines) is 1. The Morgan fingerprint density at radius 3 is 2.75 bits per heavy atom. The van der Waals surface area contributed by atoms with Gasteiger partial charge < -0.3 is 9.80 Å². The maximum atomic E-state index is 12.2. The normalized spacial score (nSPS) is 29.1. The molecule has 16 heavy (non-hydrogen) atoms. The van der Waals surface area contributed by atoms with E-state index in [9.17, 15) is 4.79 Å². The largest absolute Gasteiger partial charge is 0.337 e. The van der Waals surface area contributed by atoms with Crippen molar-refractivity contribution in [2.24, 2.45) is 0 Å². The second-order valence-electron chi connectivity index (χ2n) is 4.90. The third kappa shape index (κ3) is 1.21. The van der Waals surface area contributed by atoms with Crippen LogP contribution in [-0.2, 0) is 0 Å². The molecule has 0 radical (unpaired) electrons. The fraction of sp³-hybridized carbons (Fsp3) is 0.462. The SMILES string of the molecule is CN1CC2c3ccccc3C(=O)N(C)C2C1. The van der Waals surface area contributed by atoms with Gasteiger partial charge in [-0.2, -0.15) is 0 Å². The first kappa shape index (κ1) is 9.85. The lowest BCUT2D eigenvalue weighted by Gasteiger charge is -2.35. The molecule has 0 saturated carbocycles. The van der Waals surface area contributed by atoms with Gasteiger partial charge in [0.2, 0.25) is 0 Å². The zero-order valence-electron chi connectivity index (χ0n) is 9.68. The summed E-state index contributed by atoms with van der Waals surface area (Å²) in [5.74, 6) is 0.663. The zero-order valence-corrected chi connectivity index (χ0v) is 9.68. The summed E-state index contributed by atoms with van der Waals surface area (Å²) in [6.45, 7) is 2.04. The monoisotopic (exact) mass is 216 g/mol. The van der Waals surface area contributed by atoms with Crippen molar-refractivity contribution < 1.29 is 4.79 Å². The number of nitrogens with zero attached hydrogens (tertiary/aromatic N) is 2. The van der Waals surface area contributed by atoms with E-state index in [4.69, 9.17) is 0 Å². The Morgan fingerprint density at radius 2 is 1.94 bits per heavy atom. The summed E-state index contributed by atoms with van der Waals surface area (Å²) >= 11 is 0. The number of hydrogen-bond donors (Lipinski definition) is 0. The molecule has 2 aliphatic rings. The first-order chi connectivity index (χ1) is 7.68. The molecule has 1 fully saturated rings. The van der Waals surface area contributed by atoms with E-state index in [1.165, 1.54) is 5.56 Å². The van der Waals surface area contributed by atoms with E-state index in [0.717, 1.165) is 18.7 Å². The number of carbonyl (C=O) groups excluding carboxylic acids is 1. The Morgan fingerprint density at radius 1 is 1.19 bits per heavy atom. The molecule has 0 spiro atoms. The van der Waals surface area contributed by atoms with Crippen LogP contribution in [0, 0.1) is 0 Å². The quantitative estimate of drug-likeness (QED) is 0.650. The van der Waals surface area contributed by atoms with Crippen LogP contribution in [-0.4, -0.2) is 48.9 Å². The third-order valence-electron chi connectivity index (χ3n) is 3.88. The van der Waals surface area contributed by atoms with Crippen LogP contribution in [0.4, 0.5) is 0 Å². The lowest BCUT2D eigenvalue weighted by Crippen LogP contribution is -2.45. The fourth-order valence-corrected chi connectivity index (χ4v) is 3.03. The van der Waals surface area contributed by atoms with Crippen LogP contribution >= 0.6 is 0 Å². The lowest BCUT2D eigenvalue weighted by atomic mass is 9.85. The molecule has 2 unspecified atom stereocenters. The molecule has 3 nitrogen and oxygen atoms in total. The molecule has 1 aromatic rings. The van der Waals surface area contributed by atoms with E-state index in [1.807, 2.05) is 30.1 Å². The van der Waals surface area contributed by atoms with Crippen LogP contribution in [0.2, 0.25) is 0 Å². The van der Waals surface area contributed by atoms with Crippen LogP contribution in [0.3, 0.4) is 0 Å². The number of fused-ring (bicyclic) bond motifs is 3. The Kier molecular flexibility index (Phi) is 2.04. The van der Waals surface area contributed by atoms with E-state index in [1.54, 1.807) is 0 Å². The zero-order chi connectivity index (χ0) is 11.3. The molecule has 0 aromatic heterocycles. The number of benzene rings is 1. The van der Waals surface area contributed by atoms with Gasteiger partial charge in [-0.3, -0.25) is 4.79 Å². The predicted molar refractivity (Wildman–Crippen MR) is 62.6 cm³/mol. The number of hydrogen-bond acceptors (Lipinski definition) is 2. The summed E-state index contributed by atoms with van der Waals surface area (Å²) in [6.07, 6.45) is 0. The Labute approximate surface area is 95.7 Å². The van der Waals surface area contributed by atoms with Gasteiger partial charge in [-0.25, -0.2) is 0 Å². The topological polar surface area (TPSA) is 23.6 Å². The molecule has 2 atom stereocenters. The molecule has 2 heterocycles. The summed E-state index contributed by atoms with van der Waals surface area (Å²) < 4.78 is 0. The Bertz CT molecular complexity index is 443. The number of likely N-dealkylation sites (N-methyl/N-ethyl adjacent to an activating group) is 2. The maximum Gasteiger partial charge on any atom is 0.254 e. The summed E-state index contributed by atoms with van der Waals surface area (Å²) in [4.78, 5) is 16.4. The Balaban J connectivity index is 2.12. The average Bonchev–Trinajstić information content (AvgIpc) is 2.68. The van der Waals surface area contributed by atoms with Crippen molar-refractivity contribution in [2.45, 2.75) is 12.0 Å². The third-order valence-corrected chi connectivity index (χ3v) is 3.88. The second-order valence-corrected chi connectivity index (χ2v) is 4.90. The van der Waals surface area contributed by atoms with Crippen LogP contribution < -0.4 is 0 Å². The highest BCUT2D eigenvalue weighted by Crippen LogP contribution is 2.36. The molecule has 3 rings (SSSR count). The molecule has 3 heteroatoms. The van der Waals surface area contributed by atoms with Gasteiger partial charge in [-0.15, -0.1) is 0 Å². The van der Waals surface area contributed by atoms with E-state index in [-0.39, 0.29) is 5.91 Å². The van der Waals surface area contributed by atoms with Gasteiger partial charge in [0, 0.05) is 31.6 Å². The van der Waals surface area contributed by atoms with Crippen LogP contribution in [0.5, 0.6) is 0 Å². The molecule has 1 amide bonds. The number of amides is 1. The van der Waals surface area contributed by atoms with Gasteiger partial charge in [0.05, 0.1) is 6.04 Å². The van der Waals surface area contributed by atoms with Crippen molar-refractivity contribution in [2.75, 3.05) is 27.2 Å². The minimum absolute atomic E-state index is 0.173. The minimum Gasteiger partial charge on any atom is -0.337 e. The summed E-state index contributed by atoms with van der Waals surface area (Å²) in [5, 5.41) is 0. The smallest absolute Gasteiger partial charge is 0.254 e. The van der Waals surface area contributed by atoms with Crippen molar-refractivity contribution in [3.8, 4) is 0 Å². The summed E-state index contributed by atoms with van der Waals surface area (Å²) in [5.41, 5.74) is 2.13. The van der Waals surface area contributed by atoms with E-state index < -0.39 is 0 Å². The van der Waals surface area contributed by atoms with Crippen molar-refractivity contribution >= 4 is 5.91 Å². The highest BCUT2D eigenvalue weighted by atomic mass is 16.2. The van der Waals surface area contributed by atoms with Gasteiger partial charge in [0.1, 0.15) is 0 Å². The van der Waals surface area contributed by atoms with Gasteiger partial charge in [-0.1, -0.05) is 18.2 Å². The van der Waals surface area contributed by atoms with Crippen LogP contribution in [0.1, 0.15) is 21.8 Å². The van der Waals surface area contributed by atoms with Crippen LogP contribution in [0.25, 0.3) is 0 Å². The molecule has 1 aromatic carbocycles. The molecular weight excluding hydrogens is 200 g/mol. The molecule has 0 bridgehead atoms. The summed E-state index contributed by atoms with van der Waals surface area (Å²) in [7, 11) is 4.05. The van der Waals surface area contributed by atoms with E-state index >= 15 is 0 Å². The first-order valence-corrected chi connectivity index (χ1v) is 5.73. The van der Waals surface area contributed by atoms with E-state index in [2.05, 4.69) is 18.0 Å². The highest BCUT2D eigenvalue weighted by molar-refractivity contribution is 5.97. The molecule has 84 valence electrons. The summed E-state index contributed by atoms with van der Waals surface area (Å²) in [6, 6.07) is 8.39.